The standard InChI is InChI=1S/C55H44N2/c1-33-15-14-21-39-41-30-45-43-28-35(24-26-50(43)57(37-18-10-7-11-19-37)52(45)32-48(41)55(4,5)53(33)39)34-23-25-49-42(27-34)44-29-40-38-20-12-13-22-46(38)54(2,3)47(40)31-51(44)56(49)36-16-8-6-9-17-36/h6-14,16-33H,15H2,1-5H3. The van der Waals surface area contributed by atoms with Gasteiger partial charge >= 0.3 is 0 Å². The van der Waals surface area contributed by atoms with Crippen LogP contribution in [0.3, 0.4) is 0 Å². The zero-order valence-electron chi connectivity index (χ0n) is 33.2. The Kier molecular flexibility index (Phi) is 6.54. The van der Waals surface area contributed by atoms with Gasteiger partial charge in [-0.3, -0.25) is 0 Å². The largest absolute Gasteiger partial charge is 0.309 e. The van der Waals surface area contributed by atoms with Gasteiger partial charge in [-0.2, -0.15) is 0 Å². The first-order valence-electron chi connectivity index (χ1n) is 20.6. The third-order valence-corrected chi connectivity index (χ3v) is 13.9. The summed E-state index contributed by atoms with van der Waals surface area (Å²) in [6, 6.07) is 55.0. The molecule has 0 saturated heterocycles. The molecule has 2 nitrogen and oxygen atoms in total. The van der Waals surface area contributed by atoms with E-state index in [4.69, 9.17) is 0 Å². The van der Waals surface area contributed by atoms with E-state index >= 15 is 0 Å². The van der Waals surface area contributed by atoms with E-state index in [1.807, 2.05) is 0 Å². The van der Waals surface area contributed by atoms with E-state index in [0.717, 1.165) is 6.42 Å². The third kappa shape index (κ3) is 4.36. The molecule has 12 rings (SSSR count). The molecule has 0 spiro atoms. The molecule has 0 N–H and O–H groups in total. The molecule has 2 heteroatoms. The second-order valence-corrected chi connectivity index (χ2v) is 17.8. The lowest BCUT2D eigenvalue weighted by Crippen LogP contribution is -2.22. The van der Waals surface area contributed by atoms with Gasteiger partial charge in [0, 0.05) is 43.7 Å². The third-order valence-electron chi connectivity index (χ3n) is 13.9. The number of rotatable bonds is 3. The van der Waals surface area contributed by atoms with Crippen molar-refractivity contribution in [3.05, 3.63) is 186 Å². The van der Waals surface area contributed by atoms with Crippen molar-refractivity contribution in [2.45, 2.75) is 51.9 Å². The summed E-state index contributed by atoms with van der Waals surface area (Å²) in [4.78, 5) is 0. The van der Waals surface area contributed by atoms with E-state index < -0.39 is 0 Å². The Morgan fingerprint density at radius 2 is 0.965 bits per heavy atom. The predicted octanol–water partition coefficient (Wildman–Crippen LogP) is 14.5. The zero-order chi connectivity index (χ0) is 38.4. The van der Waals surface area contributed by atoms with Gasteiger partial charge in [0.2, 0.25) is 0 Å². The zero-order valence-corrected chi connectivity index (χ0v) is 33.2. The minimum atomic E-state index is -0.0723. The lowest BCUT2D eigenvalue weighted by Gasteiger charge is -2.30. The van der Waals surface area contributed by atoms with E-state index in [2.05, 4.69) is 201 Å². The number of fused-ring (bicyclic) bond motifs is 11. The lowest BCUT2D eigenvalue weighted by atomic mass is 9.74. The number of nitrogens with zero attached hydrogens (tertiary/aromatic N) is 2. The first-order chi connectivity index (χ1) is 27.7. The molecule has 7 aromatic carbocycles. The molecule has 0 saturated carbocycles. The summed E-state index contributed by atoms with van der Waals surface area (Å²) >= 11 is 0. The summed E-state index contributed by atoms with van der Waals surface area (Å²) in [5, 5.41) is 5.17. The van der Waals surface area contributed by atoms with Crippen LogP contribution in [0.2, 0.25) is 0 Å². The van der Waals surface area contributed by atoms with E-state index in [9.17, 15) is 0 Å². The van der Waals surface area contributed by atoms with Crippen molar-refractivity contribution in [3.8, 4) is 33.6 Å². The van der Waals surface area contributed by atoms with Gasteiger partial charge in [0.25, 0.3) is 0 Å². The molecule has 1 atom stereocenters. The molecule has 0 fully saturated rings. The Balaban J connectivity index is 1.11. The Hall–Kier alpha value is -6.38. The number of allylic oxidation sites excluding steroid dienone is 4. The van der Waals surface area contributed by atoms with Crippen molar-refractivity contribution in [1.82, 2.24) is 9.13 Å². The van der Waals surface area contributed by atoms with Gasteiger partial charge in [0.1, 0.15) is 0 Å². The minimum Gasteiger partial charge on any atom is -0.309 e. The normalized spacial score (nSPS) is 17.5. The topological polar surface area (TPSA) is 9.86 Å². The maximum absolute atomic E-state index is 2.51. The van der Waals surface area contributed by atoms with Crippen LogP contribution in [-0.4, -0.2) is 9.13 Å². The van der Waals surface area contributed by atoms with Crippen molar-refractivity contribution in [2.75, 3.05) is 0 Å². The first kappa shape index (κ1) is 32.8. The molecule has 0 amide bonds. The number of benzene rings is 7. The van der Waals surface area contributed by atoms with Crippen LogP contribution in [0.1, 0.15) is 63.3 Å². The van der Waals surface area contributed by atoms with Crippen molar-refractivity contribution in [1.29, 1.82) is 0 Å². The molecule has 0 aliphatic heterocycles. The van der Waals surface area contributed by atoms with Gasteiger partial charge in [0.05, 0.1) is 22.1 Å². The molecule has 1 unspecified atom stereocenters. The maximum atomic E-state index is 2.51. The smallest absolute Gasteiger partial charge is 0.0544 e. The summed E-state index contributed by atoms with van der Waals surface area (Å²) in [7, 11) is 0. The number of aromatic nitrogens is 2. The maximum Gasteiger partial charge on any atom is 0.0544 e. The predicted molar refractivity (Wildman–Crippen MR) is 241 cm³/mol. The SMILES string of the molecule is CC1CC=CC2=C1C(C)(C)c1cc3c(cc12)c1cc(-c2ccc4c(c2)c2cc5c(cc2n4-c2ccccc2)C(C)(C)c2ccccc2-5)ccc1n3-c1ccccc1. The lowest BCUT2D eigenvalue weighted by molar-refractivity contribution is 0.531. The van der Waals surface area contributed by atoms with Crippen LogP contribution in [0, 0.1) is 5.92 Å². The monoisotopic (exact) mass is 732 g/mol. The molecule has 0 bridgehead atoms. The van der Waals surface area contributed by atoms with Crippen LogP contribution in [0.5, 0.6) is 0 Å². The summed E-state index contributed by atoms with van der Waals surface area (Å²) in [5.74, 6) is 0.538. The Morgan fingerprint density at radius 3 is 1.56 bits per heavy atom. The summed E-state index contributed by atoms with van der Waals surface area (Å²) in [6.07, 6.45) is 5.89. The van der Waals surface area contributed by atoms with Crippen molar-refractivity contribution in [3.63, 3.8) is 0 Å². The number of hydrogen-bond donors (Lipinski definition) is 0. The fraction of sp³-hybridized carbons (Fsp3) is 0.164. The number of hydrogen-bond acceptors (Lipinski definition) is 0. The molecule has 2 heterocycles. The van der Waals surface area contributed by atoms with Crippen LogP contribution in [0.4, 0.5) is 0 Å². The summed E-state index contributed by atoms with van der Waals surface area (Å²) in [5.41, 5.74) is 21.1. The fourth-order valence-corrected chi connectivity index (χ4v) is 11.3. The number of para-hydroxylation sites is 2. The van der Waals surface area contributed by atoms with Gasteiger partial charge in [-0.15, -0.1) is 0 Å². The molecular weight excluding hydrogens is 689 g/mol. The van der Waals surface area contributed by atoms with Gasteiger partial charge < -0.3 is 9.13 Å². The summed E-state index contributed by atoms with van der Waals surface area (Å²) in [6.45, 7) is 12.0. The second kappa shape index (κ2) is 11.4. The van der Waals surface area contributed by atoms with Crippen molar-refractivity contribution < 1.29 is 0 Å². The highest BCUT2D eigenvalue weighted by Gasteiger charge is 2.41. The quantitative estimate of drug-likeness (QED) is 0.171. The second-order valence-electron chi connectivity index (χ2n) is 17.8. The van der Waals surface area contributed by atoms with Crippen LogP contribution in [0.25, 0.3) is 82.8 Å². The molecule has 0 radical (unpaired) electrons. The highest BCUT2D eigenvalue weighted by molar-refractivity contribution is 6.15. The highest BCUT2D eigenvalue weighted by atomic mass is 15.0. The van der Waals surface area contributed by atoms with Gasteiger partial charge in [0.15, 0.2) is 0 Å². The molecule has 274 valence electrons. The van der Waals surface area contributed by atoms with Crippen LogP contribution < -0.4 is 0 Å². The Morgan fingerprint density at radius 1 is 0.456 bits per heavy atom. The molecule has 9 aromatic rings. The molecule has 3 aliphatic rings. The van der Waals surface area contributed by atoms with Gasteiger partial charge in [-0.25, -0.2) is 0 Å². The minimum absolute atomic E-state index is 0.0154. The Bertz CT molecular complexity index is 3250. The van der Waals surface area contributed by atoms with Crippen LogP contribution in [-0.2, 0) is 10.8 Å². The van der Waals surface area contributed by atoms with E-state index in [-0.39, 0.29) is 10.8 Å². The van der Waals surface area contributed by atoms with Gasteiger partial charge in [-0.05, 0) is 141 Å². The molecule has 2 aromatic heterocycles. The van der Waals surface area contributed by atoms with Gasteiger partial charge in [-0.1, -0.05) is 120 Å². The summed E-state index contributed by atoms with van der Waals surface area (Å²) < 4.78 is 4.95. The average molecular weight is 733 g/mol. The molecular formula is C55H44N2. The van der Waals surface area contributed by atoms with Crippen LogP contribution in [0.15, 0.2) is 163 Å². The van der Waals surface area contributed by atoms with Crippen molar-refractivity contribution >= 4 is 49.2 Å². The van der Waals surface area contributed by atoms with E-state index in [1.54, 1.807) is 5.57 Å². The van der Waals surface area contributed by atoms with Crippen molar-refractivity contribution in [2.24, 2.45) is 5.92 Å². The molecule has 3 aliphatic carbocycles. The Labute approximate surface area is 334 Å². The first-order valence-corrected chi connectivity index (χ1v) is 20.6. The van der Waals surface area contributed by atoms with E-state index in [1.165, 1.54) is 105 Å². The van der Waals surface area contributed by atoms with E-state index in [0.29, 0.717) is 5.92 Å². The highest BCUT2D eigenvalue weighted by Crippen LogP contribution is 2.54. The average Bonchev–Trinajstić information content (AvgIpc) is 3.88. The molecule has 57 heavy (non-hydrogen) atoms. The van der Waals surface area contributed by atoms with Crippen LogP contribution >= 0.6 is 0 Å². The fourth-order valence-electron chi connectivity index (χ4n) is 11.3.